The van der Waals surface area contributed by atoms with Crippen molar-refractivity contribution < 1.29 is 14.3 Å². The number of para-hydroxylation sites is 2. The maximum Gasteiger partial charge on any atom is 0.225 e. The van der Waals surface area contributed by atoms with Crippen molar-refractivity contribution >= 4 is 5.91 Å². The number of hydrogen-bond donors (Lipinski definition) is 1. The van der Waals surface area contributed by atoms with E-state index in [1.165, 1.54) is 6.42 Å². The molecular formula is C20H28N2O3. The zero-order valence-corrected chi connectivity index (χ0v) is 14.8. The van der Waals surface area contributed by atoms with Gasteiger partial charge in [-0.3, -0.25) is 4.79 Å². The Labute approximate surface area is 149 Å². The summed E-state index contributed by atoms with van der Waals surface area (Å²) in [5.74, 6) is 3.07. The number of carbonyl (C=O) groups is 1. The van der Waals surface area contributed by atoms with Crippen LogP contribution in [0.25, 0.3) is 0 Å². The van der Waals surface area contributed by atoms with Gasteiger partial charge < -0.3 is 19.7 Å². The van der Waals surface area contributed by atoms with Gasteiger partial charge in [-0.05, 0) is 50.3 Å². The van der Waals surface area contributed by atoms with E-state index >= 15 is 0 Å². The van der Waals surface area contributed by atoms with Crippen molar-refractivity contribution in [1.29, 1.82) is 0 Å². The molecule has 0 aromatic heterocycles. The Kier molecular flexibility index (Phi) is 5.11. The van der Waals surface area contributed by atoms with Crippen LogP contribution in [0, 0.1) is 11.8 Å². The van der Waals surface area contributed by atoms with Crippen molar-refractivity contribution in [2.45, 2.75) is 38.2 Å². The predicted octanol–water partition coefficient (Wildman–Crippen LogP) is 2.45. The molecule has 1 aromatic carbocycles. The number of amides is 1. The summed E-state index contributed by atoms with van der Waals surface area (Å²) in [5.41, 5.74) is 0. The summed E-state index contributed by atoms with van der Waals surface area (Å²) in [6.45, 7) is 4.25. The molecule has 1 N–H and O–H groups in total. The molecule has 2 aliphatic heterocycles. The van der Waals surface area contributed by atoms with Crippen LogP contribution in [0.4, 0.5) is 0 Å². The molecule has 1 amide bonds. The van der Waals surface area contributed by atoms with Crippen molar-refractivity contribution in [3.63, 3.8) is 0 Å². The van der Waals surface area contributed by atoms with Crippen LogP contribution in [0.2, 0.25) is 0 Å². The third kappa shape index (κ3) is 3.92. The number of nitrogens with zero attached hydrogens (tertiary/aromatic N) is 1. The SMILES string of the molecule is O=C(C1CCC1)N1CCC(CNCC2COc3ccccc3O2)CC1. The van der Waals surface area contributed by atoms with Gasteiger partial charge in [-0.2, -0.15) is 0 Å². The molecule has 1 saturated heterocycles. The minimum absolute atomic E-state index is 0.0650. The first-order valence-electron chi connectivity index (χ1n) is 9.67. The van der Waals surface area contributed by atoms with Crippen molar-refractivity contribution in [2.75, 3.05) is 32.8 Å². The molecule has 1 aliphatic carbocycles. The second kappa shape index (κ2) is 7.65. The number of rotatable bonds is 5. The lowest BCUT2D eigenvalue weighted by atomic mass is 9.83. The lowest BCUT2D eigenvalue weighted by molar-refractivity contribution is -0.139. The number of nitrogens with one attached hydrogen (secondary N) is 1. The summed E-state index contributed by atoms with van der Waals surface area (Å²) >= 11 is 0. The van der Waals surface area contributed by atoms with E-state index in [0.717, 1.165) is 63.4 Å². The summed E-state index contributed by atoms with van der Waals surface area (Å²) in [6.07, 6.45) is 5.72. The van der Waals surface area contributed by atoms with Crippen LogP contribution in [0.5, 0.6) is 11.5 Å². The van der Waals surface area contributed by atoms with Gasteiger partial charge in [0.25, 0.3) is 0 Å². The lowest BCUT2D eigenvalue weighted by Gasteiger charge is -2.36. The van der Waals surface area contributed by atoms with Crippen LogP contribution in [-0.4, -0.2) is 49.7 Å². The molecule has 1 saturated carbocycles. The van der Waals surface area contributed by atoms with E-state index in [4.69, 9.17) is 9.47 Å². The van der Waals surface area contributed by atoms with Crippen molar-refractivity contribution in [3.05, 3.63) is 24.3 Å². The third-order valence-corrected chi connectivity index (χ3v) is 5.75. The van der Waals surface area contributed by atoms with Crippen molar-refractivity contribution in [3.8, 4) is 11.5 Å². The van der Waals surface area contributed by atoms with Crippen LogP contribution in [0.3, 0.4) is 0 Å². The molecule has 0 spiro atoms. The lowest BCUT2D eigenvalue weighted by Crippen LogP contribution is -2.45. The summed E-state index contributed by atoms with van der Waals surface area (Å²) in [4.78, 5) is 14.4. The average Bonchev–Trinajstić information content (AvgIpc) is 2.61. The first-order valence-corrected chi connectivity index (χ1v) is 9.67. The summed E-state index contributed by atoms with van der Waals surface area (Å²) in [7, 11) is 0. The topological polar surface area (TPSA) is 50.8 Å². The van der Waals surface area contributed by atoms with Crippen LogP contribution < -0.4 is 14.8 Å². The highest BCUT2D eigenvalue weighted by atomic mass is 16.6. The molecule has 0 bridgehead atoms. The van der Waals surface area contributed by atoms with E-state index in [1.807, 2.05) is 24.3 Å². The molecule has 2 heterocycles. The maximum atomic E-state index is 12.3. The largest absolute Gasteiger partial charge is 0.486 e. The summed E-state index contributed by atoms with van der Waals surface area (Å²) in [5, 5.41) is 3.54. The zero-order chi connectivity index (χ0) is 17.1. The Morgan fingerprint density at radius 3 is 2.56 bits per heavy atom. The minimum atomic E-state index is 0.0650. The minimum Gasteiger partial charge on any atom is -0.486 e. The Bertz CT molecular complexity index is 594. The maximum absolute atomic E-state index is 12.3. The fourth-order valence-corrected chi connectivity index (χ4v) is 3.88. The standard InChI is InChI=1S/C20H28N2O3/c23-20(16-4-3-5-16)22-10-8-15(9-11-22)12-21-13-17-14-24-18-6-1-2-7-19(18)25-17/h1-2,6-7,15-17,21H,3-5,8-14H2. The monoisotopic (exact) mass is 344 g/mol. The summed E-state index contributed by atoms with van der Waals surface area (Å²) < 4.78 is 11.7. The number of fused-ring (bicyclic) bond motifs is 1. The molecule has 2 fully saturated rings. The third-order valence-electron chi connectivity index (χ3n) is 5.75. The number of ether oxygens (including phenoxy) is 2. The van der Waals surface area contributed by atoms with Gasteiger partial charge in [-0.1, -0.05) is 18.6 Å². The Morgan fingerprint density at radius 2 is 1.84 bits per heavy atom. The number of carbonyl (C=O) groups excluding carboxylic acids is 1. The van der Waals surface area contributed by atoms with Crippen LogP contribution in [0.15, 0.2) is 24.3 Å². The summed E-state index contributed by atoms with van der Waals surface area (Å²) in [6, 6.07) is 7.83. The van der Waals surface area contributed by atoms with Crippen LogP contribution in [-0.2, 0) is 4.79 Å². The van der Waals surface area contributed by atoms with E-state index in [9.17, 15) is 4.79 Å². The van der Waals surface area contributed by atoms with E-state index in [0.29, 0.717) is 24.3 Å². The molecule has 25 heavy (non-hydrogen) atoms. The normalized spacial score (nSPS) is 24.0. The van der Waals surface area contributed by atoms with Gasteiger partial charge in [0.15, 0.2) is 11.5 Å². The molecular weight excluding hydrogens is 316 g/mol. The van der Waals surface area contributed by atoms with Gasteiger partial charge in [0, 0.05) is 25.6 Å². The molecule has 4 rings (SSSR count). The van der Waals surface area contributed by atoms with Crippen molar-refractivity contribution in [1.82, 2.24) is 10.2 Å². The highest BCUT2D eigenvalue weighted by Gasteiger charge is 2.31. The second-order valence-corrected chi connectivity index (χ2v) is 7.55. The molecule has 0 radical (unpaired) electrons. The molecule has 1 atom stereocenters. The van der Waals surface area contributed by atoms with E-state index < -0.39 is 0 Å². The molecule has 3 aliphatic rings. The van der Waals surface area contributed by atoms with E-state index in [2.05, 4.69) is 10.2 Å². The first kappa shape index (κ1) is 16.7. The molecule has 5 nitrogen and oxygen atoms in total. The fourth-order valence-electron chi connectivity index (χ4n) is 3.88. The smallest absolute Gasteiger partial charge is 0.225 e. The van der Waals surface area contributed by atoms with E-state index in [-0.39, 0.29) is 6.10 Å². The number of benzene rings is 1. The van der Waals surface area contributed by atoms with Gasteiger partial charge >= 0.3 is 0 Å². The highest BCUT2D eigenvalue weighted by molar-refractivity contribution is 5.79. The Morgan fingerprint density at radius 1 is 1.08 bits per heavy atom. The highest BCUT2D eigenvalue weighted by Crippen LogP contribution is 2.31. The Balaban J connectivity index is 1.15. The van der Waals surface area contributed by atoms with E-state index in [1.54, 1.807) is 0 Å². The predicted molar refractivity (Wildman–Crippen MR) is 95.9 cm³/mol. The zero-order valence-electron chi connectivity index (χ0n) is 14.8. The molecule has 5 heteroatoms. The van der Waals surface area contributed by atoms with Crippen molar-refractivity contribution in [2.24, 2.45) is 11.8 Å². The molecule has 1 unspecified atom stereocenters. The number of piperidine rings is 1. The van der Waals surface area contributed by atoms with Crippen LogP contribution in [0.1, 0.15) is 32.1 Å². The quantitative estimate of drug-likeness (QED) is 0.891. The van der Waals surface area contributed by atoms with Gasteiger partial charge in [0.1, 0.15) is 12.7 Å². The molecule has 1 aromatic rings. The number of hydrogen-bond acceptors (Lipinski definition) is 4. The van der Waals surface area contributed by atoms with Gasteiger partial charge in [0.05, 0.1) is 0 Å². The first-order chi connectivity index (χ1) is 12.3. The fraction of sp³-hybridized carbons (Fsp3) is 0.650. The van der Waals surface area contributed by atoms with Gasteiger partial charge in [-0.15, -0.1) is 0 Å². The average molecular weight is 344 g/mol. The number of likely N-dealkylation sites (tertiary alicyclic amines) is 1. The van der Waals surface area contributed by atoms with Gasteiger partial charge in [0.2, 0.25) is 5.91 Å². The Hall–Kier alpha value is -1.75. The second-order valence-electron chi connectivity index (χ2n) is 7.55. The van der Waals surface area contributed by atoms with Crippen LogP contribution >= 0.6 is 0 Å². The molecule has 136 valence electrons. The van der Waals surface area contributed by atoms with Gasteiger partial charge in [-0.25, -0.2) is 0 Å².